The summed E-state index contributed by atoms with van der Waals surface area (Å²) in [5.74, 6) is -0.726. The Bertz CT molecular complexity index is 633. The number of nitrogens with zero attached hydrogens (tertiary/aromatic N) is 1. The highest BCUT2D eigenvalue weighted by atomic mass is 16.5. The molecule has 6 heteroatoms. The Labute approximate surface area is 136 Å². The predicted octanol–water partition coefficient (Wildman–Crippen LogP) is 2.25. The fourth-order valence-electron chi connectivity index (χ4n) is 3.26. The van der Waals surface area contributed by atoms with E-state index < -0.39 is 0 Å². The number of aromatic amines is 1. The van der Waals surface area contributed by atoms with Crippen LogP contribution in [0, 0.1) is 19.8 Å². The Morgan fingerprint density at radius 1 is 1.30 bits per heavy atom. The van der Waals surface area contributed by atoms with Crippen LogP contribution < -0.4 is 0 Å². The third-order valence-electron chi connectivity index (χ3n) is 4.33. The highest BCUT2D eigenvalue weighted by molar-refractivity contribution is 6.02. The van der Waals surface area contributed by atoms with Gasteiger partial charge in [0.05, 0.1) is 12.5 Å². The highest BCUT2D eigenvalue weighted by Crippen LogP contribution is 2.23. The number of Topliss-reactive ketones (excluding diaryl/α,β-unsaturated/α-hetero) is 1. The first kappa shape index (κ1) is 17.2. The quantitative estimate of drug-likeness (QED) is 0.681. The average molecular weight is 320 g/mol. The number of carbonyl (C=O) groups excluding carboxylic acids is 3. The number of carbonyl (C=O) groups is 3. The van der Waals surface area contributed by atoms with Crippen molar-refractivity contribution in [2.24, 2.45) is 5.92 Å². The van der Waals surface area contributed by atoms with Crippen LogP contribution in [0.1, 0.15) is 58.8 Å². The number of rotatable bonds is 4. The number of amides is 1. The molecule has 2 heterocycles. The SMILES string of the molecule is CCOC(=O)C1CCCN(C(=O)c2[nH]c(C)c(C(C)=O)c2C)C1. The molecule has 126 valence electrons. The summed E-state index contributed by atoms with van der Waals surface area (Å²) in [5, 5.41) is 0. The van der Waals surface area contributed by atoms with Crippen LogP contribution in [0.5, 0.6) is 0 Å². The minimum absolute atomic E-state index is 0.0571. The van der Waals surface area contributed by atoms with E-state index in [1.165, 1.54) is 6.92 Å². The number of piperidine rings is 1. The third-order valence-corrected chi connectivity index (χ3v) is 4.33. The monoisotopic (exact) mass is 320 g/mol. The van der Waals surface area contributed by atoms with E-state index in [-0.39, 0.29) is 23.6 Å². The van der Waals surface area contributed by atoms with Gasteiger partial charge in [0.25, 0.3) is 5.91 Å². The second-order valence-electron chi connectivity index (χ2n) is 6.02. The zero-order valence-corrected chi connectivity index (χ0v) is 14.2. The van der Waals surface area contributed by atoms with Crippen molar-refractivity contribution < 1.29 is 19.1 Å². The van der Waals surface area contributed by atoms with Gasteiger partial charge < -0.3 is 14.6 Å². The maximum atomic E-state index is 12.8. The van der Waals surface area contributed by atoms with E-state index in [1.807, 2.05) is 0 Å². The van der Waals surface area contributed by atoms with Gasteiger partial charge in [-0.1, -0.05) is 0 Å². The lowest BCUT2D eigenvalue weighted by Crippen LogP contribution is -2.43. The molecule has 1 aliphatic rings. The topological polar surface area (TPSA) is 79.5 Å². The summed E-state index contributed by atoms with van der Waals surface area (Å²) in [6, 6.07) is 0. The molecule has 0 aromatic carbocycles. The molecule has 0 saturated carbocycles. The van der Waals surface area contributed by atoms with E-state index in [0.29, 0.717) is 42.2 Å². The first-order valence-corrected chi connectivity index (χ1v) is 8.02. The van der Waals surface area contributed by atoms with Crippen molar-refractivity contribution in [2.75, 3.05) is 19.7 Å². The van der Waals surface area contributed by atoms with Gasteiger partial charge in [0.15, 0.2) is 5.78 Å². The van der Waals surface area contributed by atoms with Gasteiger partial charge >= 0.3 is 5.97 Å². The zero-order valence-electron chi connectivity index (χ0n) is 14.2. The predicted molar refractivity (Wildman–Crippen MR) is 85.5 cm³/mol. The molecular formula is C17H24N2O4. The molecule has 1 aromatic heterocycles. The number of ether oxygens (including phenoxy) is 1. The van der Waals surface area contributed by atoms with Gasteiger partial charge in [0.1, 0.15) is 5.69 Å². The van der Waals surface area contributed by atoms with E-state index in [2.05, 4.69) is 4.98 Å². The van der Waals surface area contributed by atoms with Crippen molar-refractivity contribution in [1.29, 1.82) is 0 Å². The Kier molecular flexibility index (Phi) is 5.23. The van der Waals surface area contributed by atoms with Crippen LogP contribution in [0.15, 0.2) is 0 Å². The standard InChI is InChI=1S/C17H24N2O4/c1-5-23-17(22)13-7-6-8-19(9-13)16(21)15-10(2)14(12(4)20)11(3)18-15/h13,18H,5-9H2,1-4H3. The lowest BCUT2D eigenvalue weighted by atomic mass is 9.97. The van der Waals surface area contributed by atoms with Crippen molar-refractivity contribution >= 4 is 17.7 Å². The lowest BCUT2D eigenvalue weighted by Gasteiger charge is -2.31. The molecule has 23 heavy (non-hydrogen) atoms. The van der Waals surface area contributed by atoms with Gasteiger partial charge in [-0.2, -0.15) is 0 Å². The van der Waals surface area contributed by atoms with Crippen LogP contribution in [0.4, 0.5) is 0 Å². The molecular weight excluding hydrogens is 296 g/mol. The van der Waals surface area contributed by atoms with Crippen LogP contribution >= 0.6 is 0 Å². The Morgan fingerprint density at radius 2 is 2.00 bits per heavy atom. The average Bonchev–Trinajstić information content (AvgIpc) is 2.81. The fraction of sp³-hybridized carbons (Fsp3) is 0.588. The second kappa shape index (κ2) is 6.98. The Hall–Kier alpha value is -2.11. The number of H-pyrrole nitrogens is 1. The van der Waals surface area contributed by atoms with Crippen LogP contribution in [0.25, 0.3) is 0 Å². The number of ketones is 1. The largest absolute Gasteiger partial charge is 0.466 e. The molecule has 1 fully saturated rings. The number of hydrogen-bond acceptors (Lipinski definition) is 4. The van der Waals surface area contributed by atoms with Crippen LogP contribution in [-0.2, 0) is 9.53 Å². The van der Waals surface area contributed by atoms with Crippen molar-refractivity contribution in [1.82, 2.24) is 9.88 Å². The van der Waals surface area contributed by atoms with Gasteiger partial charge in [-0.15, -0.1) is 0 Å². The molecule has 1 saturated heterocycles. The second-order valence-corrected chi connectivity index (χ2v) is 6.02. The van der Waals surface area contributed by atoms with Crippen molar-refractivity contribution in [3.05, 3.63) is 22.5 Å². The zero-order chi connectivity index (χ0) is 17.1. The Balaban J connectivity index is 2.19. The van der Waals surface area contributed by atoms with E-state index in [1.54, 1.807) is 25.7 Å². The van der Waals surface area contributed by atoms with Crippen LogP contribution in [0.2, 0.25) is 0 Å². The molecule has 0 bridgehead atoms. The van der Waals surface area contributed by atoms with Gasteiger partial charge in [0, 0.05) is 24.3 Å². The van der Waals surface area contributed by atoms with Gasteiger partial charge in [-0.3, -0.25) is 14.4 Å². The number of aryl methyl sites for hydroxylation is 1. The van der Waals surface area contributed by atoms with Crippen LogP contribution in [0.3, 0.4) is 0 Å². The summed E-state index contributed by atoms with van der Waals surface area (Å²) < 4.78 is 5.06. The summed E-state index contributed by atoms with van der Waals surface area (Å²) in [5.41, 5.74) is 2.40. The smallest absolute Gasteiger partial charge is 0.310 e. The number of hydrogen-bond donors (Lipinski definition) is 1. The Morgan fingerprint density at radius 3 is 2.57 bits per heavy atom. The number of nitrogens with one attached hydrogen (secondary N) is 1. The van der Waals surface area contributed by atoms with Gasteiger partial charge in [-0.25, -0.2) is 0 Å². The summed E-state index contributed by atoms with van der Waals surface area (Å²) in [7, 11) is 0. The highest BCUT2D eigenvalue weighted by Gasteiger charge is 2.31. The van der Waals surface area contributed by atoms with Gasteiger partial charge in [-0.05, 0) is 46.1 Å². The normalized spacial score (nSPS) is 17.9. The molecule has 2 rings (SSSR count). The van der Waals surface area contributed by atoms with E-state index >= 15 is 0 Å². The van der Waals surface area contributed by atoms with Crippen molar-refractivity contribution in [3.63, 3.8) is 0 Å². The molecule has 1 unspecified atom stereocenters. The molecule has 0 aliphatic carbocycles. The van der Waals surface area contributed by atoms with Crippen molar-refractivity contribution in [2.45, 2.75) is 40.5 Å². The molecule has 1 atom stereocenters. The molecule has 1 aliphatic heterocycles. The fourth-order valence-corrected chi connectivity index (χ4v) is 3.26. The summed E-state index contributed by atoms with van der Waals surface area (Å²) in [4.78, 5) is 41.1. The van der Waals surface area contributed by atoms with E-state index in [9.17, 15) is 14.4 Å². The first-order valence-electron chi connectivity index (χ1n) is 8.02. The number of esters is 1. The third kappa shape index (κ3) is 3.46. The number of likely N-dealkylation sites (tertiary alicyclic amines) is 1. The molecule has 0 radical (unpaired) electrons. The first-order chi connectivity index (χ1) is 10.9. The maximum absolute atomic E-state index is 12.8. The molecule has 0 spiro atoms. The molecule has 6 nitrogen and oxygen atoms in total. The summed E-state index contributed by atoms with van der Waals surface area (Å²) in [6.45, 7) is 8.16. The number of aromatic nitrogens is 1. The lowest BCUT2D eigenvalue weighted by molar-refractivity contribution is -0.149. The van der Waals surface area contributed by atoms with E-state index in [0.717, 1.165) is 12.8 Å². The summed E-state index contributed by atoms with van der Waals surface area (Å²) >= 11 is 0. The maximum Gasteiger partial charge on any atom is 0.310 e. The molecule has 1 aromatic rings. The minimum Gasteiger partial charge on any atom is -0.466 e. The van der Waals surface area contributed by atoms with Crippen molar-refractivity contribution in [3.8, 4) is 0 Å². The summed E-state index contributed by atoms with van der Waals surface area (Å²) in [6.07, 6.45) is 1.51. The molecule has 1 amide bonds. The molecule has 1 N–H and O–H groups in total. The van der Waals surface area contributed by atoms with Gasteiger partial charge in [0.2, 0.25) is 0 Å². The minimum atomic E-state index is -0.267. The van der Waals surface area contributed by atoms with Crippen LogP contribution in [-0.4, -0.2) is 47.2 Å². The van der Waals surface area contributed by atoms with E-state index in [4.69, 9.17) is 4.74 Å².